The van der Waals surface area contributed by atoms with Gasteiger partial charge in [-0.1, -0.05) is 20.4 Å². The number of nitrogens with zero attached hydrogens (tertiary/aromatic N) is 3. The Morgan fingerprint density at radius 3 is 2.48 bits per heavy atom. The quantitative estimate of drug-likeness (QED) is 0.542. The van der Waals surface area contributed by atoms with Crippen LogP contribution in [0.25, 0.3) is 0 Å². The van der Waals surface area contributed by atoms with Crippen LogP contribution in [0.2, 0.25) is 0 Å². The van der Waals surface area contributed by atoms with Crippen molar-refractivity contribution < 1.29 is 19.1 Å². The van der Waals surface area contributed by atoms with Crippen molar-refractivity contribution in [3.63, 3.8) is 0 Å². The molecule has 0 aliphatic carbocycles. The average Bonchev–Trinajstić information content (AvgIpc) is 3.07. The molecule has 29 heavy (non-hydrogen) atoms. The zero-order valence-corrected chi connectivity index (χ0v) is 18.6. The highest BCUT2D eigenvalue weighted by Gasteiger charge is 2.30. The number of amides is 3. The molecule has 1 heterocycles. The van der Waals surface area contributed by atoms with E-state index in [0.717, 1.165) is 0 Å². The topological polar surface area (TPSA) is 91.3 Å². The fourth-order valence-corrected chi connectivity index (χ4v) is 2.59. The van der Waals surface area contributed by atoms with Crippen molar-refractivity contribution in [3.8, 4) is 0 Å². The van der Waals surface area contributed by atoms with Gasteiger partial charge in [-0.3, -0.25) is 14.6 Å². The lowest BCUT2D eigenvalue weighted by atomic mass is 10.2. The van der Waals surface area contributed by atoms with Gasteiger partial charge >= 0.3 is 6.09 Å². The predicted octanol–water partition coefficient (Wildman–Crippen LogP) is 2.71. The molecule has 1 N–H and O–H groups in total. The molecule has 1 rings (SSSR count). The molecule has 1 aliphatic rings. The molecule has 0 bridgehead atoms. The van der Waals surface area contributed by atoms with Crippen LogP contribution in [-0.2, 0) is 14.3 Å². The first-order chi connectivity index (χ1) is 13.3. The highest BCUT2D eigenvalue weighted by molar-refractivity contribution is 6.38. The van der Waals surface area contributed by atoms with Gasteiger partial charge in [0.15, 0.2) is 0 Å². The van der Waals surface area contributed by atoms with Crippen LogP contribution in [-0.4, -0.2) is 65.2 Å². The molecule has 0 unspecified atom stereocenters. The standard InChI is InChI=1S/C21H34N4O4/c1-14(2)19(27)24(8)15(3)9-11-22-16(4)18(26)23-17-10-12-25(13-17)20(28)29-21(5,6)7/h9,11,14,17H,3,10,12-13H2,1-2,4-8H3,(H,23,26)/b11-9-,22-16?/t17-/m1/s1. The molecule has 1 fully saturated rings. The summed E-state index contributed by atoms with van der Waals surface area (Å²) in [6.07, 6.45) is 3.31. The fraction of sp³-hybridized carbons (Fsp3) is 0.619. The van der Waals surface area contributed by atoms with Crippen molar-refractivity contribution in [3.05, 3.63) is 24.6 Å². The van der Waals surface area contributed by atoms with Crippen LogP contribution >= 0.6 is 0 Å². The molecule has 1 saturated heterocycles. The fourth-order valence-electron chi connectivity index (χ4n) is 2.59. The number of carbonyl (C=O) groups is 3. The number of likely N-dealkylation sites (tertiary alicyclic amines) is 1. The SMILES string of the molecule is C=C(/C=C\N=C(C)C(=O)N[C@@H]1CCN(C(=O)OC(C)(C)C)C1)N(C)C(=O)C(C)C. The molecule has 1 atom stereocenters. The van der Waals surface area contributed by atoms with Crippen LogP contribution in [0.1, 0.15) is 48.0 Å². The second-order valence-corrected chi connectivity index (χ2v) is 8.46. The third-order valence-corrected chi connectivity index (χ3v) is 4.29. The van der Waals surface area contributed by atoms with Gasteiger partial charge in [0.1, 0.15) is 11.3 Å². The van der Waals surface area contributed by atoms with Gasteiger partial charge in [0.05, 0.1) is 0 Å². The van der Waals surface area contributed by atoms with E-state index in [9.17, 15) is 14.4 Å². The molecule has 0 saturated carbocycles. The van der Waals surface area contributed by atoms with Crippen molar-refractivity contribution in [1.82, 2.24) is 15.1 Å². The summed E-state index contributed by atoms with van der Waals surface area (Å²) in [5.74, 6) is -0.482. The van der Waals surface area contributed by atoms with E-state index in [1.165, 1.54) is 11.1 Å². The zero-order chi connectivity index (χ0) is 22.4. The number of hydrogen-bond donors (Lipinski definition) is 1. The highest BCUT2D eigenvalue weighted by Crippen LogP contribution is 2.15. The predicted molar refractivity (Wildman–Crippen MR) is 113 cm³/mol. The van der Waals surface area contributed by atoms with E-state index in [-0.39, 0.29) is 35.6 Å². The average molecular weight is 407 g/mol. The maximum absolute atomic E-state index is 12.3. The normalized spacial score (nSPS) is 17.6. The number of nitrogens with one attached hydrogen (secondary N) is 1. The minimum Gasteiger partial charge on any atom is -0.444 e. The summed E-state index contributed by atoms with van der Waals surface area (Å²) in [5, 5.41) is 2.88. The summed E-state index contributed by atoms with van der Waals surface area (Å²) in [5.41, 5.74) is 0.221. The number of carbonyl (C=O) groups excluding carboxylic acids is 3. The van der Waals surface area contributed by atoms with Gasteiger partial charge in [-0.05, 0) is 40.2 Å². The summed E-state index contributed by atoms with van der Waals surface area (Å²) in [4.78, 5) is 43.5. The number of hydrogen-bond acceptors (Lipinski definition) is 5. The van der Waals surface area contributed by atoms with Crippen LogP contribution < -0.4 is 5.32 Å². The third-order valence-electron chi connectivity index (χ3n) is 4.29. The van der Waals surface area contributed by atoms with Gasteiger partial charge in [-0.15, -0.1) is 0 Å². The van der Waals surface area contributed by atoms with Gasteiger partial charge < -0.3 is 19.9 Å². The van der Waals surface area contributed by atoms with Gasteiger partial charge in [0, 0.05) is 44.0 Å². The van der Waals surface area contributed by atoms with Crippen LogP contribution in [0.4, 0.5) is 4.79 Å². The van der Waals surface area contributed by atoms with Crippen LogP contribution in [0.3, 0.4) is 0 Å². The van der Waals surface area contributed by atoms with Crippen LogP contribution in [0, 0.1) is 5.92 Å². The number of allylic oxidation sites excluding steroid dienone is 1. The Balaban J connectivity index is 2.55. The zero-order valence-electron chi connectivity index (χ0n) is 18.6. The molecule has 0 radical (unpaired) electrons. The van der Waals surface area contributed by atoms with E-state index in [0.29, 0.717) is 25.2 Å². The number of rotatable bonds is 6. The molecular weight excluding hydrogens is 372 g/mol. The first-order valence-electron chi connectivity index (χ1n) is 9.78. The third kappa shape index (κ3) is 8.09. The molecular formula is C21H34N4O4. The summed E-state index contributed by atoms with van der Waals surface area (Å²) in [6.45, 7) is 15.5. The van der Waals surface area contributed by atoms with Crippen LogP contribution in [0.5, 0.6) is 0 Å². The maximum Gasteiger partial charge on any atom is 0.410 e. The van der Waals surface area contributed by atoms with Gasteiger partial charge in [-0.2, -0.15) is 0 Å². The molecule has 162 valence electrons. The Labute approximate surface area is 173 Å². The van der Waals surface area contributed by atoms with Crippen molar-refractivity contribution in [2.75, 3.05) is 20.1 Å². The second-order valence-electron chi connectivity index (χ2n) is 8.46. The first-order valence-corrected chi connectivity index (χ1v) is 9.78. The van der Waals surface area contributed by atoms with E-state index in [4.69, 9.17) is 4.74 Å². The molecule has 0 aromatic heterocycles. The Morgan fingerprint density at radius 2 is 1.93 bits per heavy atom. The molecule has 8 heteroatoms. The Kier molecular flexibility index (Phi) is 8.60. The van der Waals surface area contributed by atoms with E-state index in [1.807, 2.05) is 34.6 Å². The van der Waals surface area contributed by atoms with Crippen molar-refractivity contribution in [2.24, 2.45) is 10.9 Å². The highest BCUT2D eigenvalue weighted by atomic mass is 16.6. The van der Waals surface area contributed by atoms with Crippen molar-refractivity contribution in [1.29, 1.82) is 0 Å². The monoisotopic (exact) mass is 406 g/mol. The van der Waals surface area contributed by atoms with E-state index >= 15 is 0 Å². The summed E-state index contributed by atoms with van der Waals surface area (Å²) in [7, 11) is 1.65. The Morgan fingerprint density at radius 1 is 1.31 bits per heavy atom. The minimum atomic E-state index is -0.550. The smallest absolute Gasteiger partial charge is 0.410 e. The molecule has 3 amide bonds. The minimum absolute atomic E-state index is 0.0473. The molecule has 0 spiro atoms. The Hall–Kier alpha value is -2.64. The lowest BCUT2D eigenvalue weighted by molar-refractivity contribution is -0.131. The maximum atomic E-state index is 12.3. The first kappa shape index (κ1) is 24.4. The van der Waals surface area contributed by atoms with Crippen molar-refractivity contribution >= 4 is 23.6 Å². The molecule has 1 aliphatic heterocycles. The summed E-state index contributed by atoms with van der Waals surface area (Å²) >= 11 is 0. The lowest BCUT2D eigenvalue weighted by Gasteiger charge is -2.24. The molecule has 0 aromatic rings. The summed E-state index contributed by atoms with van der Waals surface area (Å²) < 4.78 is 5.35. The van der Waals surface area contributed by atoms with Crippen molar-refractivity contribution in [2.45, 2.75) is 59.6 Å². The lowest BCUT2D eigenvalue weighted by Crippen LogP contribution is -2.42. The van der Waals surface area contributed by atoms with E-state index < -0.39 is 5.60 Å². The molecule has 0 aromatic carbocycles. The summed E-state index contributed by atoms with van der Waals surface area (Å²) in [6, 6.07) is -0.145. The number of likely N-dealkylation sites (N-methyl/N-ethyl adjacent to an activating group) is 1. The van der Waals surface area contributed by atoms with Gasteiger partial charge in [0.25, 0.3) is 5.91 Å². The second kappa shape index (κ2) is 10.2. The molecule has 8 nitrogen and oxygen atoms in total. The van der Waals surface area contributed by atoms with Gasteiger partial charge in [-0.25, -0.2) is 4.79 Å². The Bertz CT molecular complexity index is 704. The van der Waals surface area contributed by atoms with E-state index in [2.05, 4.69) is 16.9 Å². The number of ether oxygens (including phenoxy) is 1. The van der Waals surface area contributed by atoms with Gasteiger partial charge in [0.2, 0.25) is 5.91 Å². The number of aliphatic imine (C=N–C) groups is 1. The van der Waals surface area contributed by atoms with E-state index in [1.54, 1.807) is 24.9 Å². The largest absolute Gasteiger partial charge is 0.444 e. The van der Waals surface area contributed by atoms with Crippen LogP contribution in [0.15, 0.2) is 29.5 Å².